The van der Waals surface area contributed by atoms with Gasteiger partial charge in [-0.15, -0.1) is 11.6 Å². The molecule has 86 valence electrons. The zero-order valence-electron chi connectivity index (χ0n) is 10.2. The molecule has 0 aliphatic heterocycles. The van der Waals surface area contributed by atoms with E-state index in [1.165, 1.54) is 5.56 Å². The van der Waals surface area contributed by atoms with E-state index in [0.717, 1.165) is 16.9 Å². The number of nitrogens with zero attached hydrogens (tertiary/aromatic N) is 2. The first-order valence-corrected chi connectivity index (χ1v) is 6.01. The SMILES string of the molecule is Cc1ccc2c(c1)nc(CCl)n2C(C)(C)C. The van der Waals surface area contributed by atoms with Crippen LogP contribution in [0, 0.1) is 6.92 Å². The van der Waals surface area contributed by atoms with Gasteiger partial charge >= 0.3 is 0 Å². The third kappa shape index (κ3) is 1.82. The molecule has 0 saturated heterocycles. The topological polar surface area (TPSA) is 17.8 Å². The Labute approximate surface area is 101 Å². The van der Waals surface area contributed by atoms with E-state index >= 15 is 0 Å². The molecule has 3 heteroatoms. The van der Waals surface area contributed by atoms with Crippen LogP contribution in [0.15, 0.2) is 18.2 Å². The van der Waals surface area contributed by atoms with E-state index < -0.39 is 0 Å². The number of imidazole rings is 1. The van der Waals surface area contributed by atoms with E-state index in [0.29, 0.717) is 5.88 Å². The molecule has 0 radical (unpaired) electrons. The summed E-state index contributed by atoms with van der Waals surface area (Å²) in [6.07, 6.45) is 0. The summed E-state index contributed by atoms with van der Waals surface area (Å²) in [5, 5.41) is 0. The van der Waals surface area contributed by atoms with Crippen molar-refractivity contribution in [2.75, 3.05) is 0 Å². The lowest BCUT2D eigenvalue weighted by atomic mass is 10.1. The van der Waals surface area contributed by atoms with Crippen molar-refractivity contribution < 1.29 is 0 Å². The molecule has 1 heterocycles. The molecule has 16 heavy (non-hydrogen) atoms. The van der Waals surface area contributed by atoms with Gasteiger partial charge in [0.2, 0.25) is 0 Å². The Morgan fingerprint density at radius 1 is 1.31 bits per heavy atom. The molecule has 2 nitrogen and oxygen atoms in total. The third-order valence-electron chi connectivity index (χ3n) is 2.67. The predicted octanol–water partition coefficient (Wildman–Crippen LogP) is 3.84. The van der Waals surface area contributed by atoms with Crippen molar-refractivity contribution in [3.05, 3.63) is 29.6 Å². The minimum Gasteiger partial charge on any atom is -0.322 e. The maximum atomic E-state index is 5.97. The molecule has 2 rings (SSSR count). The summed E-state index contributed by atoms with van der Waals surface area (Å²) in [5.41, 5.74) is 3.43. The number of rotatable bonds is 1. The van der Waals surface area contributed by atoms with E-state index in [9.17, 15) is 0 Å². The fourth-order valence-electron chi connectivity index (χ4n) is 2.08. The second-order valence-electron chi connectivity index (χ2n) is 5.16. The van der Waals surface area contributed by atoms with Crippen LogP contribution in [0.3, 0.4) is 0 Å². The van der Waals surface area contributed by atoms with Gasteiger partial charge < -0.3 is 4.57 Å². The lowest BCUT2D eigenvalue weighted by molar-refractivity contribution is 0.398. The highest BCUT2D eigenvalue weighted by Crippen LogP contribution is 2.26. The number of aryl methyl sites for hydroxylation is 1. The summed E-state index contributed by atoms with van der Waals surface area (Å²) >= 11 is 5.97. The molecule has 0 aliphatic rings. The molecular weight excluding hydrogens is 220 g/mol. The van der Waals surface area contributed by atoms with Crippen LogP contribution in [0.5, 0.6) is 0 Å². The van der Waals surface area contributed by atoms with Crippen LogP contribution in [-0.2, 0) is 11.4 Å². The van der Waals surface area contributed by atoms with E-state index in [1.807, 2.05) is 0 Å². The number of fused-ring (bicyclic) bond motifs is 1. The third-order valence-corrected chi connectivity index (χ3v) is 2.91. The molecule has 0 unspecified atom stereocenters. The Morgan fingerprint density at radius 2 is 2.00 bits per heavy atom. The van der Waals surface area contributed by atoms with E-state index in [1.54, 1.807) is 0 Å². The second kappa shape index (κ2) is 3.77. The van der Waals surface area contributed by atoms with Gasteiger partial charge in [-0.3, -0.25) is 0 Å². The van der Waals surface area contributed by atoms with Crippen molar-refractivity contribution in [2.24, 2.45) is 0 Å². The van der Waals surface area contributed by atoms with Gasteiger partial charge in [-0.1, -0.05) is 6.07 Å². The lowest BCUT2D eigenvalue weighted by Gasteiger charge is -2.24. The maximum Gasteiger partial charge on any atom is 0.125 e. The fraction of sp³-hybridized carbons (Fsp3) is 0.462. The maximum absolute atomic E-state index is 5.97. The van der Waals surface area contributed by atoms with Gasteiger partial charge in [0.05, 0.1) is 16.9 Å². The fourth-order valence-corrected chi connectivity index (χ4v) is 2.26. The highest BCUT2D eigenvalue weighted by Gasteiger charge is 2.20. The van der Waals surface area contributed by atoms with Crippen molar-refractivity contribution in [1.82, 2.24) is 9.55 Å². The lowest BCUT2D eigenvalue weighted by Crippen LogP contribution is -2.23. The normalized spacial score (nSPS) is 12.3. The monoisotopic (exact) mass is 236 g/mol. The Hall–Kier alpha value is -1.02. The number of benzene rings is 1. The quantitative estimate of drug-likeness (QED) is 0.688. The zero-order chi connectivity index (χ0) is 11.9. The van der Waals surface area contributed by atoms with Gasteiger partial charge in [-0.05, 0) is 45.4 Å². The highest BCUT2D eigenvalue weighted by atomic mass is 35.5. The molecule has 0 amide bonds. The van der Waals surface area contributed by atoms with Crippen LogP contribution in [0.2, 0.25) is 0 Å². The number of halogens is 1. The van der Waals surface area contributed by atoms with Crippen LogP contribution < -0.4 is 0 Å². The Morgan fingerprint density at radius 3 is 2.56 bits per heavy atom. The van der Waals surface area contributed by atoms with Gasteiger partial charge in [-0.25, -0.2) is 4.98 Å². The standard InChI is InChI=1S/C13H17ClN2/c1-9-5-6-11-10(7-9)15-12(8-14)16(11)13(2,3)4/h5-7H,8H2,1-4H3. The summed E-state index contributed by atoms with van der Waals surface area (Å²) in [5.74, 6) is 1.39. The molecule has 0 fully saturated rings. The number of aromatic nitrogens is 2. The number of hydrogen-bond acceptors (Lipinski definition) is 1. The highest BCUT2D eigenvalue weighted by molar-refractivity contribution is 6.16. The molecular formula is C13H17ClN2. The van der Waals surface area contributed by atoms with E-state index in [2.05, 4.69) is 55.4 Å². The molecule has 0 bridgehead atoms. The predicted molar refractivity (Wildman–Crippen MR) is 69.0 cm³/mol. The minimum absolute atomic E-state index is 0.00817. The van der Waals surface area contributed by atoms with Crippen LogP contribution in [0.1, 0.15) is 32.2 Å². The minimum atomic E-state index is 0.00817. The van der Waals surface area contributed by atoms with Crippen LogP contribution >= 0.6 is 11.6 Å². The van der Waals surface area contributed by atoms with E-state index in [-0.39, 0.29) is 5.54 Å². The first-order valence-electron chi connectivity index (χ1n) is 5.48. The molecule has 0 aliphatic carbocycles. The molecule has 0 saturated carbocycles. The van der Waals surface area contributed by atoms with Crippen LogP contribution in [0.4, 0.5) is 0 Å². The van der Waals surface area contributed by atoms with E-state index in [4.69, 9.17) is 11.6 Å². The van der Waals surface area contributed by atoms with Crippen molar-refractivity contribution in [2.45, 2.75) is 39.1 Å². The van der Waals surface area contributed by atoms with Crippen molar-refractivity contribution >= 4 is 22.6 Å². The van der Waals surface area contributed by atoms with Crippen molar-refractivity contribution in [3.63, 3.8) is 0 Å². The number of hydrogen-bond donors (Lipinski definition) is 0. The first-order chi connectivity index (χ1) is 7.43. The largest absolute Gasteiger partial charge is 0.322 e. The molecule has 2 aromatic rings. The van der Waals surface area contributed by atoms with Crippen LogP contribution in [0.25, 0.3) is 11.0 Å². The molecule has 1 aromatic carbocycles. The molecule has 0 spiro atoms. The average molecular weight is 237 g/mol. The van der Waals surface area contributed by atoms with Gasteiger partial charge in [0.25, 0.3) is 0 Å². The van der Waals surface area contributed by atoms with Crippen molar-refractivity contribution in [3.8, 4) is 0 Å². The summed E-state index contributed by atoms with van der Waals surface area (Å²) in [6.45, 7) is 8.59. The van der Waals surface area contributed by atoms with Gasteiger partial charge in [0.15, 0.2) is 0 Å². The summed E-state index contributed by atoms with van der Waals surface area (Å²) in [6, 6.07) is 6.34. The zero-order valence-corrected chi connectivity index (χ0v) is 11.0. The van der Waals surface area contributed by atoms with Crippen LogP contribution in [-0.4, -0.2) is 9.55 Å². The Kier molecular flexibility index (Phi) is 2.70. The smallest absolute Gasteiger partial charge is 0.125 e. The first kappa shape index (κ1) is 11.5. The molecule has 0 N–H and O–H groups in total. The Balaban J connectivity index is 2.79. The number of alkyl halides is 1. The van der Waals surface area contributed by atoms with Gasteiger partial charge in [0, 0.05) is 5.54 Å². The van der Waals surface area contributed by atoms with Gasteiger partial charge in [0.1, 0.15) is 5.82 Å². The second-order valence-corrected chi connectivity index (χ2v) is 5.43. The molecule has 1 aromatic heterocycles. The molecule has 0 atom stereocenters. The summed E-state index contributed by atoms with van der Waals surface area (Å²) < 4.78 is 2.22. The Bertz CT molecular complexity index is 520. The van der Waals surface area contributed by atoms with Gasteiger partial charge in [-0.2, -0.15) is 0 Å². The summed E-state index contributed by atoms with van der Waals surface area (Å²) in [4.78, 5) is 4.59. The van der Waals surface area contributed by atoms with Crippen molar-refractivity contribution in [1.29, 1.82) is 0 Å². The summed E-state index contributed by atoms with van der Waals surface area (Å²) in [7, 11) is 0. The average Bonchev–Trinajstić information content (AvgIpc) is 2.54.